The summed E-state index contributed by atoms with van der Waals surface area (Å²) in [5.74, 6) is 0.246. The highest BCUT2D eigenvalue weighted by Crippen LogP contribution is 2.13. The SMILES string of the molecule is N#CC(=CNc1ccc(CCNCC(O)c2ccccc2)cc1)c1nn[nH]n1. The number of nitrogens with zero attached hydrogens (tertiary/aromatic N) is 4. The number of nitrogens with one attached hydrogen (secondary N) is 3. The maximum absolute atomic E-state index is 10.1. The number of rotatable bonds is 9. The van der Waals surface area contributed by atoms with Crippen molar-refractivity contribution in [2.75, 3.05) is 18.4 Å². The molecule has 3 aromatic rings. The van der Waals surface area contributed by atoms with E-state index in [-0.39, 0.29) is 5.82 Å². The van der Waals surface area contributed by atoms with E-state index in [0.717, 1.165) is 24.2 Å². The predicted molar refractivity (Wildman–Crippen MR) is 106 cm³/mol. The van der Waals surface area contributed by atoms with Crippen LogP contribution in [-0.4, -0.2) is 38.8 Å². The second-order valence-corrected chi connectivity index (χ2v) is 6.13. The average Bonchev–Trinajstić information content (AvgIpc) is 3.28. The Kier molecular flexibility index (Phi) is 6.84. The van der Waals surface area contributed by atoms with E-state index in [1.807, 2.05) is 60.7 Å². The third-order valence-electron chi connectivity index (χ3n) is 4.16. The quantitative estimate of drug-likeness (QED) is 0.333. The van der Waals surface area contributed by atoms with Crippen LogP contribution in [0.4, 0.5) is 5.69 Å². The Balaban J connectivity index is 1.44. The molecule has 4 N–H and O–H groups in total. The van der Waals surface area contributed by atoms with Gasteiger partial charge in [-0.05, 0) is 41.4 Å². The van der Waals surface area contributed by atoms with Gasteiger partial charge in [-0.2, -0.15) is 10.5 Å². The lowest BCUT2D eigenvalue weighted by molar-refractivity contribution is 0.175. The number of allylic oxidation sites excluding steroid dienone is 1. The molecular formula is C20H21N7O. The maximum Gasteiger partial charge on any atom is 0.216 e. The first-order chi connectivity index (χ1) is 13.8. The molecule has 28 heavy (non-hydrogen) atoms. The molecule has 1 heterocycles. The van der Waals surface area contributed by atoms with E-state index >= 15 is 0 Å². The molecule has 0 aliphatic carbocycles. The maximum atomic E-state index is 10.1. The van der Waals surface area contributed by atoms with Crippen LogP contribution < -0.4 is 10.6 Å². The van der Waals surface area contributed by atoms with Crippen LogP contribution in [0.2, 0.25) is 0 Å². The number of aliphatic hydroxyl groups excluding tert-OH is 1. The summed E-state index contributed by atoms with van der Waals surface area (Å²) in [5.41, 5.74) is 3.23. The van der Waals surface area contributed by atoms with Crippen LogP contribution in [0.5, 0.6) is 0 Å². The molecule has 1 unspecified atom stereocenters. The Morgan fingerprint density at radius 2 is 1.96 bits per heavy atom. The number of nitriles is 1. The summed E-state index contributed by atoms with van der Waals surface area (Å²) in [4.78, 5) is 0. The van der Waals surface area contributed by atoms with Crippen LogP contribution in [0, 0.1) is 11.3 Å². The first kappa shape index (κ1) is 19.2. The second-order valence-electron chi connectivity index (χ2n) is 6.13. The van der Waals surface area contributed by atoms with Crippen molar-refractivity contribution in [2.24, 2.45) is 0 Å². The number of aromatic amines is 1. The number of tetrazole rings is 1. The van der Waals surface area contributed by atoms with E-state index in [4.69, 9.17) is 5.26 Å². The average molecular weight is 375 g/mol. The molecule has 8 heteroatoms. The topological polar surface area (TPSA) is 123 Å². The van der Waals surface area contributed by atoms with Crippen LogP contribution in [0.25, 0.3) is 5.57 Å². The van der Waals surface area contributed by atoms with E-state index in [1.54, 1.807) is 6.20 Å². The van der Waals surface area contributed by atoms with Gasteiger partial charge in [0.1, 0.15) is 11.6 Å². The smallest absolute Gasteiger partial charge is 0.216 e. The standard InChI is InChI=1S/C20H21N7O/c21-12-17(20-24-26-27-25-20)13-23-18-8-6-15(7-9-18)10-11-22-14-19(28)16-4-2-1-3-5-16/h1-9,13,19,22-23,28H,10-11,14H2,(H,24,25,26,27). The van der Waals surface area contributed by atoms with Gasteiger partial charge in [-0.3, -0.25) is 0 Å². The number of H-pyrrole nitrogens is 1. The molecule has 8 nitrogen and oxygen atoms in total. The highest BCUT2D eigenvalue weighted by molar-refractivity contribution is 5.73. The molecule has 142 valence electrons. The minimum Gasteiger partial charge on any atom is -0.387 e. The Bertz CT molecular complexity index is 915. The molecule has 0 saturated carbocycles. The Morgan fingerprint density at radius 3 is 2.64 bits per heavy atom. The van der Waals surface area contributed by atoms with Crippen LogP contribution >= 0.6 is 0 Å². The molecule has 0 amide bonds. The zero-order valence-electron chi connectivity index (χ0n) is 15.2. The molecule has 0 spiro atoms. The first-order valence-corrected chi connectivity index (χ1v) is 8.89. The van der Waals surface area contributed by atoms with Gasteiger partial charge in [0.15, 0.2) is 0 Å². The second kappa shape index (κ2) is 9.97. The highest BCUT2D eigenvalue weighted by atomic mass is 16.3. The van der Waals surface area contributed by atoms with Gasteiger partial charge in [0.2, 0.25) is 5.82 Å². The first-order valence-electron chi connectivity index (χ1n) is 8.89. The zero-order valence-corrected chi connectivity index (χ0v) is 15.2. The summed E-state index contributed by atoms with van der Waals surface area (Å²) in [7, 11) is 0. The molecule has 1 aromatic heterocycles. The number of hydrogen-bond donors (Lipinski definition) is 4. The lowest BCUT2D eigenvalue weighted by atomic mass is 10.1. The predicted octanol–water partition coefficient (Wildman–Crippen LogP) is 2.04. The van der Waals surface area contributed by atoms with Gasteiger partial charge in [-0.25, -0.2) is 0 Å². The van der Waals surface area contributed by atoms with Crippen LogP contribution in [0.1, 0.15) is 23.1 Å². The minimum absolute atomic E-state index is 0.246. The van der Waals surface area contributed by atoms with E-state index in [2.05, 4.69) is 31.3 Å². The molecule has 0 radical (unpaired) electrons. The van der Waals surface area contributed by atoms with Crippen molar-refractivity contribution in [3.8, 4) is 6.07 Å². The van der Waals surface area contributed by atoms with Gasteiger partial charge in [0.25, 0.3) is 0 Å². The minimum atomic E-state index is -0.506. The largest absolute Gasteiger partial charge is 0.387 e. The van der Waals surface area contributed by atoms with Crippen molar-refractivity contribution in [2.45, 2.75) is 12.5 Å². The summed E-state index contributed by atoms with van der Waals surface area (Å²) < 4.78 is 0. The molecule has 0 fully saturated rings. The van der Waals surface area contributed by atoms with Crippen molar-refractivity contribution in [1.82, 2.24) is 25.9 Å². The summed E-state index contributed by atoms with van der Waals surface area (Å²) in [6, 6.07) is 19.6. The fraction of sp³-hybridized carbons (Fsp3) is 0.200. The van der Waals surface area contributed by atoms with Gasteiger partial charge in [-0.15, -0.1) is 10.2 Å². The number of aromatic nitrogens is 4. The molecule has 0 saturated heterocycles. The van der Waals surface area contributed by atoms with Gasteiger partial charge in [0, 0.05) is 18.4 Å². The fourth-order valence-electron chi connectivity index (χ4n) is 2.61. The van der Waals surface area contributed by atoms with Crippen LogP contribution in [0.3, 0.4) is 0 Å². The Morgan fingerprint density at radius 1 is 1.18 bits per heavy atom. The lowest BCUT2D eigenvalue weighted by Gasteiger charge is -2.12. The lowest BCUT2D eigenvalue weighted by Crippen LogP contribution is -2.23. The van der Waals surface area contributed by atoms with E-state index < -0.39 is 6.10 Å². The van der Waals surface area contributed by atoms with Crippen molar-refractivity contribution in [3.05, 3.63) is 77.7 Å². The molecular weight excluding hydrogens is 354 g/mol. The Labute approximate surface area is 162 Å². The van der Waals surface area contributed by atoms with Crippen molar-refractivity contribution in [1.29, 1.82) is 5.26 Å². The van der Waals surface area contributed by atoms with Crippen molar-refractivity contribution < 1.29 is 5.11 Å². The zero-order chi connectivity index (χ0) is 19.6. The third-order valence-corrected chi connectivity index (χ3v) is 4.16. The molecule has 0 bridgehead atoms. The monoisotopic (exact) mass is 375 g/mol. The molecule has 0 aliphatic rings. The third kappa shape index (κ3) is 5.48. The number of aliphatic hydroxyl groups is 1. The molecule has 3 rings (SSSR count). The summed E-state index contributed by atoms with van der Waals surface area (Å²) in [5, 5.41) is 38.9. The molecule has 0 aliphatic heterocycles. The molecule has 2 aromatic carbocycles. The van der Waals surface area contributed by atoms with E-state index in [1.165, 1.54) is 5.56 Å². The fourth-order valence-corrected chi connectivity index (χ4v) is 2.61. The highest BCUT2D eigenvalue weighted by Gasteiger charge is 2.06. The van der Waals surface area contributed by atoms with Gasteiger partial charge in [0.05, 0.1) is 6.10 Å². The van der Waals surface area contributed by atoms with Gasteiger partial charge >= 0.3 is 0 Å². The normalized spacial score (nSPS) is 12.4. The van der Waals surface area contributed by atoms with Crippen LogP contribution in [0.15, 0.2) is 60.8 Å². The van der Waals surface area contributed by atoms with Crippen molar-refractivity contribution >= 4 is 11.3 Å². The van der Waals surface area contributed by atoms with E-state index in [9.17, 15) is 5.11 Å². The summed E-state index contributed by atoms with van der Waals surface area (Å²) in [6.07, 6.45) is 1.89. The summed E-state index contributed by atoms with van der Waals surface area (Å²) in [6.45, 7) is 1.29. The van der Waals surface area contributed by atoms with Crippen LogP contribution in [-0.2, 0) is 6.42 Å². The number of anilines is 1. The van der Waals surface area contributed by atoms with Gasteiger partial charge < -0.3 is 15.7 Å². The number of hydrogen-bond acceptors (Lipinski definition) is 7. The molecule has 1 atom stereocenters. The van der Waals surface area contributed by atoms with Crippen molar-refractivity contribution in [3.63, 3.8) is 0 Å². The Hall–Kier alpha value is -3.54. The summed E-state index contributed by atoms with van der Waals surface area (Å²) >= 11 is 0. The van der Waals surface area contributed by atoms with Gasteiger partial charge in [-0.1, -0.05) is 42.5 Å². The van der Waals surface area contributed by atoms with E-state index in [0.29, 0.717) is 12.1 Å². The number of benzene rings is 2.